The van der Waals surface area contributed by atoms with Crippen molar-refractivity contribution in [3.8, 4) is 17.2 Å². The maximum atomic E-state index is 13.8. The maximum Gasteiger partial charge on any atom is 0.338 e. The molecule has 0 radical (unpaired) electrons. The van der Waals surface area contributed by atoms with Gasteiger partial charge >= 0.3 is 5.97 Å². The summed E-state index contributed by atoms with van der Waals surface area (Å²) < 4.78 is 24.1. The van der Waals surface area contributed by atoms with Gasteiger partial charge < -0.3 is 18.9 Å². The lowest BCUT2D eigenvalue weighted by Gasteiger charge is -2.24. The van der Waals surface area contributed by atoms with E-state index in [4.69, 9.17) is 18.9 Å². The van der Waals surface area contributed by atoms with Gasteiger partial charge in [0.25, 0.3) is 5.56 Å². The number of nitrogens with zero attached hydrogens (tertiary/aromatic N) is 2. The van der Waals surface area contributed by atoms with Crippen LogP contribution in [-0.4, -0.2) is 38.5 Å². The molecule has 1 atom stereocenters. The average molecular weight is 573 g/mol. The zero-order valence-electron chi connectivity index (χ0n) is 20.5. The number of carbonyl (C=O) groups excluding carboxylic acids is 1. The van der Waals surface area contributed by atoms with Gasteiger partial charge in [-0.3, -0.25) is 9.36 Å². The van der Waals surface area contributed by atoms with Crippen LogP contribution in [0.4, 0.5) is 0 Å². The summed E-state index contributed by atoms with van der Waals surface area (Å²) in [5.41, 5.74) is 2.05. The molecule has 1 aliphatic rings. The van der Waals surface area contributed by atoms with E-state index in [2.05, 4.69) is 20.9 Å². The molecule has 0 aliphatic carbocycles. The second-order valence-electron chi connectivity index (χ2n) is 7.80. The molecule has 1 aromatic heterocycles. The zero-order chi connectivity index (χ0) is 26.0. The quantitative estimate of drug-likeness (QED) is 0.402. The molecule has 10 heteroatoms. The first-order valence-corrected chi connectivity index (χ1v) is 12.7. The average Bonchev–Trinajstić information content (AvgIpc) is 3.18. The number of esters is 1. The van der Waals surface area contributed by atoms with Gasteiger partial charge in [0.2, 0.25) is 0 Å². The number of benzene rings is 2. The molecule has 0 fully saturated rings. The van der Waals surface area contributed by atoms with Crippen molar-refractivity contribution in [3.63, 3.8) is 0 Å². The fourth-order valence-corrected chi connectivity index (χ4v) is 5.49. The van der Waals surface area contributed by atoms with Gasteiger partial charge in [-0.25, -0.2) is 9.79 Å². The Morgan fingerprint density at radius 3 is 2.39 bits per heavy atom. The molecule has 8 nitrogen and oxygen atoms in total. The van der Waals surface area contributed by atoms with Crippen molar-refractivity contribution in [1.82, 2.24) is 4.57 Å². The smallest absolute Gasteiger partial charge is 0.338 e. The molecule has 188 valence electrons. The second-order valence-corrected chi connectivity index (χ2v) is 9.67. The molecule has 1 aliphatic heterocycles. The molecule has 2 heterocycles. The Morgan fingerprint density at radius 2 is 1.78 bits per heavy atom. The predicted octanol–water partition coefficient (Wildman–Crippen LogP) is 3.59. The van der Waals surface area contributed by atoms with E-state index >= 15 is 0 Å². The van der Waals surface area contributed by atoms with E-state index in [0.29, 0.717) is 37.9 Å². The van der Waals surface area contributed by atoms with Gasteiger partial charge in [-0.1, -0.05) is 39.4 Å². The van der Waals surface area contributed by atoms with E-state index in [1.807, 2.05) is 12.1 Å². The highest BCUT2D eigenvalue weighted by molar-refractivity contribution is 9.10. The SMILES string of the molecule is CCOC(=O)C1=C(C)N=c2sc(=Cc3cc(OC)c(OC)cc3Br)c(=O)n2[C@@H]1c1ccc(OC)cc1. The Morgan fingerprint density at radius 1 is 1.11 bits per heavy atom. The number of ether oxygens (including phenoxy) is 4. The number of hydrogen-bond donors (Lipinski definition) is 0. The van der Waals surface area contributed by atoms with Crippen molar-refractivity contribution in [2.45, 2.75) is 19.9 Å². The van der Waals surface area contributed by atoms with Crippen LogP contribution in [0.15, 0.2) is 61.9 Å². The third-order valence-electron chi connectivity index (χ3n) is 5.74. The standard InChI is InChI=1S/C26H25BrN2O6S/c1-6-35-25(31)22-14(2)28-26-29(23(22)15-7-9-17(32-3)10-8-15)24(30)21(36-26)12-16-11-19(33-4)20(34-5)13-18(16)27/h7-13,23H,6H2,1-5H3/t23-/m1/s1. The number of hydrogen-bond acceptors (Lipinski definition) is 8. The van der Waals surface area contributed by atoms with Crippen LogP contribution in [0.5, 0.6) is 17.2 Å². The van der Waals surface area contributed by atoms with Crippen LogP contribution in [0.2, 0.25) is 0 Å². The fraction of sp³-hybridized carbons (Fsp3) is 0.269. The van der Waals surface area contributed by atoms with E-state index in [1.165, 1.54) is 11.3 Å². The van der Waals surface area contributed by atoms with Crippen LogP contribution in [0.3, 0.4) is 0 Å². The van der Waals surface area contributed by atoms with Crippen LogP contribution in [0.1, 0.15) is 31.0 Å². The minimum atomic E-state index is -0.692. The lowest BCUT2D eigenvalue weighted by molar-refractivity contribution is -0.139. The van der Waals surface area contributed by atoms with Crippen molar-refractivity contribution in [2.24, 2.45) is 4.99 Å². The molecule has 0 N–H and O–H groups in total. The summed E-state index contributed by atoms with van der Waals surface area (Å²) in [7, 11) is 4.70. The third kappa shape index (κ3) is 4.70. The van der Waals surface area contributed by atoms with Gasteiger partial charge in [0.05, 0.1) is 49.8 Å². The summed E-state index contributed by atoms with van der Waals surface area (Å²) in [5.74, 6) is 1.27. The van der Waals surface area contributed by atoms with Crippen LogP contribution in [-0.2, 0) is 9.53 Å². The van der Waals surface area contributed by atoms with E-state index in [9.17, 15) is 9.59 Å². The summed E-state index contributed by atoms with van der Waals surface area (Å²) in [6, 6.07) is 10.1. The zero-order valence-corrected chi connectivity index (χ0v) is 22.9. The normalized spacial score (nSPS) is 15.3. The third-order valence-corrected chi connectivity index (χ3v) is 7.41. The summed E-state index contributed by atoms with van der Waals surface area (Å²) in [6.07, 6.45) is 1.77. The molecule has 2 aromatic carbocycles. The van der Waals surface area contributed by atoms with E-state index in [1.54, 1.807) is 70.1 Å². The number of aromatic nitrogens is 1. The Bertz CT molecular complexity index is 1520. The number of thiazole rings is 1. The molecular weight excluding hydrogens is 548 g/mol. The molecule has 0 saturated heterocycles. The number of fused-ring (bicyclic) bond motifs is 1. The fourth-order valence-electron chi connectivity index (χ4n) is 4.01. The molecule has 0 bridgehead atoms. The topological polar surface area (TPSA) is 88.4 Å². The van der Waals surface area contributed by atoms with Crippen molar-refractivity contribution in [2.75, 3.05) is 27.9 Å². The van der Waals surface area contributed by atoms with Gasteiger partial charge in [-0.05, 0) is 55.3 Å². The number of rotatable bonds is 7. The molecule has 3 aromatic rings. The highest BCUT2D eigenvalue weighted by Gasteiger charge is 2.33. The molecule has 36 heavy (non-hydrogen) atoms. The highest BCUT2D eigenvalue weighted by atomic mass is 79.9. The van der Waals surface area contributed by atoms with Crippen LogP contribution in [0, 0.1) is 0 Å². The van der Waals surface area contributed by atoms with Gasteiger partial charge in [-0.15, -0.1) is 0 Å². The summed E-state index contributed by atoms with van der Waals surface area (Å²) in [5, 5.41) is 0. The Balaban J connectivity index is 1.94. The van der Waals surface area contributed by atoms with Crippen molar-refractivity contribution >= 4 is 39.3 Å². The second kappa shape index (κ2) is 10.7. The van der Waals surface area contributed by atoms with E-state index in [-0.39, 0.29) is 12.2 Å². The molecule has 0 saturated carbocycles. The van der Waals surface area contributed by atoms with Gasteiger partial charge in [-0.2, -0.15) is 0 Å². The minimum Gasteiger partial charge on any atom is -0.497 e. The predicted molar refractivity (Wildman–Crippen MR) is 141 cm³/mol. The number of methoxy groups -OCH3 is 3. The Labute approximate surface area is 220 Å². The molecule has 0 amide bonds. The first-order chi connectivity index (χ1) is 17.3. The van der Waals surface area contributed by atoms with Gasteiger partial charge in [0.15, 0.2) is 16.3 Å². The number of halogens is 1. The van der Waals surface area contributed by atoms with Crippen LogP contribution < -0.4 is 29.1 Å². The first-order valence-electron chi connectivity index (χ1n) is 11.1. The minimum absolute atomic E-state index is 0.211. The lowest BCUT2D eigenvalue weighted by atomic mass is 9.96. The van der Waals surface area contributed by atoms with Crippen molar-refractivity contribution in [1.29, 1.82) is 0 Å². The van der Waals surface area contributed by atoms with Crippen LogP contribution in [0.25, 0.3) is 6.08 Å². The van der Waals surface area contributed by atoms with Crippen molar-refractivity contribution < 1.29 is 23.7 Å². The molecule has 0 spiro atoms. The Kier molecular flexibility index (Phi) is 7.65. The number of carbonyl (C=O) groups is 1. The van der Waals surface area contributed by atoms with Crippen LogP contribution >= 0.6 is 27.3 Å². The molecular formula is C26H25BrN2O6S. The first kappa shape index (κ1) is 25.7. The van der Waals surface area contributed by atoms with E-state index < -0.39 is 12.0 Å². The summed E-state index contributed by atoms with van der Waals surface area (Å²) >= 11 is 4.80. The molecule has 0 unspecified atom stereocenters. The van der Waals surface area contributed by atoms with Gasteiger partial charge in [0.1, 0.15) is 5.75 Å². The van der Waals surface area contributed by atoms with Crippen molar-refractivity contribution in [3.05, 3.63) is 83.0 Å². The van der Waals surface area contributed by atoms with E-state index in [0.717, 1.165) is 15.6 Å². The summed E-state index contributed by atoms with van der Waals surface area (Å²) in [4.78, 5) is 31.9. The van der Waals surface area contributed by atoms with Gasteiger partial charge in [0, 0.05) is 4.47 Å². The largest absolute Gasteiger partial charge is 0.497 e. The number of allylic oxidation sites excluding steroid dienone is 1. The highest BCUT2D eigenvalue weighted by Crippen LogP contribution is 2.34. The lowest BCUT2D eigenvalue weighted by Crippen LogP contribution is -2.39. The summed E-state index contributed by atoms with van der Waals surface area (Å²) in [6.45, 7) is 3.71. The monoisotopic (exact) mass is 572 g/mol. The Hall–Kier alpha value is -3.37. The molecule has 4 rings (SSSR count). The maximum absolute atomic E-state index is 13.8.